The molecule has 0 radical (unpaired) electrons. The number of fused-ring (bicyclic) bond motifs is 13. The van der Waals surface area contributed by atoms with Crippen LogP contribution < -0.4 is 0 Å². The molecule has 402 valence electrons. The van der Waals surface area contributed by atoms with Crippen molar-refractivity contribution in [2.24, 2.45) is 0 Å². The second kappa shape index (κ2) is 19.2. The van der Waals surface area contributed by atoms with Crippen LogP contribution in [0.25, 0.3) is 160 Å². The van der Waals surface area contributed by atoms with Crippen molar-refractivity contribution in [2.75, 3.05) is 0 Å². The molecule has 0 unspecified atom stereocenters. The Kier molecular flexibility index (Phi) is 10.9. The topological polar surface area (TPSA) is 31.2 Å². The highest BCUT2D eigenvalue weighted by atomic mass is 16.3. The lowest BCUT2D eigenvalue weighted by Crippen LogP contribution is -2.02. The predicted octanol–water partition coefficient (Wildman–Crippen LogP) is 22.6. The number of hydrogen-bond acceptors (Lipinski definition) is 2. The maximum atomic E-state index is 7.16. The standard InChI is InChI=1S/C82H57NO2/c1-2-18-52(19-3-1)77-65-22-8-10-24-67(65)78(68-25-11-9-23-66(68)77)53-38-42-60(43-39-53)83-75-44-40-58(63-28-14-32-71-69-30-12-26-61(79(69)84-81(63)71)56-36-34-50-16-4-6-20-54(50)46-56)48-73(75)74-49-59(41-45-76(74)83)64-29-15-33-72-70-31-13-27-62(80(70)85-82(64)72)57-37-35-51-17-5-7-21-55(51)47-57/h1-3,8-15,18-19,22-49H,4-7,16-17,20-21H2. The number of nitrogens with zero attached hydrogens (tertiary/aromatic N) is 1. The van der Waals surface area contributed by atoms with Gasteiger partial charge in [-0.25, -0.2) is 0 Å². The molecular weight excluding hydrogens is 1030 g/mol. The van der Waals surface area contributed by atoms with Crippen molar-refractivity contribution >= 4 is 87.2 Å². The summed E-state index contributed by atoms with van der Waals surface area (Å²) in [5.41, 5.74) is 27.0. The van der Waals surface area contributed by atoms with E-state index < -0.39 is 0 Å². The molecule has 0 saturated heterocycles. The molecule has 3 aromatic heterocycles. The van der Waals surface area contributed by atoms with Crippen LogP contribution in [0.3, 0.4) is 0 Å². The van der Waals surface area contributed by atoms with Gasteiger partial charge in [-0.1, -0.05) is 212 Å². The van der Waals surface area contributed by atoms with E-state index in [0.717, 1.165) is 107 Å². The molecule has 3 heterocycles. The van der Waals surface area contributed by atoms with Crippen molar-refractivity contribution in [3.8, 4) is 72.4 Å². The summed E-state index contributed by atoms with van der Waals surface area (Å²) < 4.78 is 16.8. The van der Waals surface area contributed by atoms with E-state index in [2.05, 4.69) is 253 Å². The lowest BCUT2D eigenvalue weighted by Gasteiger charge is -2.18. The van der Waals surface area contributed by atoms with E-state index in [9.17, 15) is 0 Å². The van der Waals surface area contributed by atoms with Crippen LogP contribution in [0.4, 0.5) is 0 Å². The third-order valence-corrected chi connectivity index (χ3v) is 19.2. The van der Waals surface area contributed by atoms with Crippen molar-refractivity contribution in [1.29, 1.82) is 0 Å². The summed E-state index contributed by atoms with van der Waals surface area (Å²) in [6.07, 6.45) is 9.65. The van der Waals surface area contributed by atoms with Gasteiger partial charge in [0.2, 0.25) is 0 Å². The number of aromatic nitrogens is 1. The summed E-state index contributed by atoms with van der Waals surface area (Å²) in [6, 6.07) is 92.7. The molecule has 2 aliphatic carbocycles. The third-order valence-electron chi connectivity index (χ3n) is 19.2. The molecule has 3 heteroatoms. The maximum absolute atomic E-state index is 7.16. The largest absolute Gasteiger partial charge is 0.455 e. The molecule has 2 aliphatic rings. The van der Waals surface area contributed by atoms with Gasteiger partial charge in [0, 0.05) is 60.3 Å². The van der Waals surface area contributed by atoms with Crippen LogP contribution >= 0.6 is 0 Å². The molecule has 3 nitrogen and oxygen atoms in total. The van der Waals surface area contributed by atoms with Gasteiger partial charge in [-0.2, -0.15) is 0 Å². The second-order valence-corrected chi connectivity index (χ2v) is 23.9. The summed E-state index contributed by atoms with van der Waals surface area (Å²) in [7, 11) is 0. The molecule has 0 amide bonds. The van der Waals surface area contributed by atoms with Crippen LogP contribution in [-0.2, 0) is 25.7 Å². The Balaban J connectivity index is 0.817. The minimum absolute atomic E-state index is 0.908. The van der Waals surface area contributed by atoms with Crippen molar-refractivity contribution in [3.63, 3.8) is 0 Å². The maximum Gasteiger partial charge on any atom is 0.143 e. The highest BCUT2D eigenvalue weighted by Gasteiger charge is 2.23. The van der Waals surface area contributed by atoms with E-state index in [4.69, 9.17) is 8.83 Å². The Morgan fingerprint density at radius 1 is 0.235 bits per heavy atom. The van der Waals surface area contributed by atoms with Crippen LogP contribution in [0.1, 0.15) is 47.9 Å². The molecule has 0 fully saturated rings. The first-order valence-corrected chi connectivity index (χ1v) is 30.5. The first kappa shape index (κ1) is 48.3. The normalized spacial score (nSPS) is 13.5. The predicted molar refractivity (Wildman–Crippen MR) is 356 cm³/mol. The van der Waals surface area contributed by atoms with Crippen LogP contribution in [0, 0.1) is 0 Å². The summed E-state index contributed by atoms with van der Waals surface area (Å²) in [5.74, 6) is 0. The molecule has 0 atom stereocenters. The fraction of sp³-hybridized carbons (Fsp3) is 0.0976. The van der Waals surface area contributed by atoms with Crippen LogP contribution in [0.15, 0.2) is 258 Å². The van der Waals surface area contributed by atoms with Crippen LogP contribution in [0.2, 0.25) is 0 Å². The number of furan rings is 2. The minimum Gasteiger partial charge on any atom is -0.455 e. The Bertz CT molecular complexity index is 5130. The van der Waals surface area contributed by atoms with Gasteiger partial charge >= 0.3 is 0 Å². The van der Waals surface area contributed by atoms with Gasteiger partial charge in [0.25, 0.3) is 0 Å². The van der Waals surface area contributed by atoms with Gasteiger partial charge in [0.15, 0.2) is 0 Å². The van der Waals surface area contributed by atoms with Crippen molar-refractivity contribution in [3.05, 3.63) is 271 Å². The lowest BCUT2D eigenvalue weighted by molar-refractivity contribution is 0.670. The number of rotatable bonds is 7. The van der Waals surface area contributed by atoms with E-state index in [1.165, 1.54) is 126 Å². The highest BCUT2D eigenvalue weighted by molar-refractivity contribution is 6.22. The van der Waals surface area contributed by atoms with Crippen molar-refractivity contribution in [2.45, 2.75) is 51.4 Å². The van der Waals surface area contributed by atoms with E-state index in [1.807, 2.05) is 0 Å². The summed E-state index contributed by atoms with van der Waals surface area (Å²) in [6.45, 7) is 0. The van der Waals surface area contributed by atoms with Gasteiger partial charge in [0.05, 0.1) is 11.0 Å². The molecule has 0 bridgehead atoms. The SMILES string of the molecule is c1ccc(-c2c3ccccc3c(-c3ccc(-n4c5ccc(-c6cccc7c6oc6c(-c8ccc9c(c8)CCCC9)cccc67)cc5c5cc(-c6cccc7c6oc6c(-c8ccc9c(c8)CCCC9)cccc67)ccc54)cc3)c3ccccc23)cc1. The quantitative estimate of drug-likeness (QED) is 0.149. The number of hydrogen-bond donors (Lipinski definition) is 0. The number of benzene rings is 13. The van der Waals surface area contributed by atoms with E-state index in [-0.39, 0.29) is 0 Å². The van der Waals surface area contributed by atoms with E-state index >= 15 is 0 Å². The van der Waals surface area contributed by atoms with E-state index in [1.54, 1.807) is 0 Å². The lowest BCUT2D eigenvalue weighted by atomic mass is 9.86. The fourth-order valence-corrected chi connectivity index (χ4v) is 15.1. The van der Waals surface area contributed by atoms with Crippen LogP contribution in [0.5, 0.6) is 0 Å². The average molecular weight is 1090 g/mol. The molecule has 13 aromatic carbocycles. The minimum atomic E-state index is 0.908. The zero-order chi connectivity index (χ0) is 55.7. The Morgan fingerprint density at radius 2 is 0.565 bits per heavy atom. The van der Waals surface area contributed by atoms with Crippen LogP contribution in [-0.4, -0.2) is 4.57 Å². The smallest absolute Gasteiger partial charge is 0.143 e. The van der Waals surface area contributed by atoms with Gasteiger partial charge in [-0.15, -0.1) is 0 Å². The first-order chi connectivity index (χ1) is 42.1. The number of aryl methyl sites for hydroxylation is 4. The molecule has 85 heavy (non-hydrogen) atoms. The van der Waals surface area contributed by atoms with E-state index in [0.29, 0.717) is 0 Å². The van der Waals surface area contributed by atoms with Gasteiger partial charge in [-0.3, -0.25) is 0 Å². The third kappa shape index (κ3) is 7.59. The van der Waals surface area contributed by atoms with Gasteiger partial charge < -0.3 is 13.4 Å². The average Bonchev–Trinajstić information content (AvgIpc) is 2.25. The second-order valence-electron chi connectivity index (χ2n) is 23.9. The zero-order valence-electron chi connectivity index (χ0n) is 47.1. The molecule has 0 aliphatic heterocycles. The van der Waals surface area contributed by atoms with Gasteiger partial charge in [0.1, 0.15) is 22.3 Å². The van der Waals surface area contributed by atoms with Gasteiger partial charge in [-0.05, 0) is 176 Å². The Hall–Kier alpha value is -10.2. The molecule has 16 aromatic rings. The molecule has 18 rings (SSSR count). The van der Waals surface area contributed by atoms with Crippen molar-refractivity contribution in [1.82, 2.24) is 4.57 Å². The fourth-order valence-electron chi connectivity index (χ4n) is 15.1. The Labute approximate surface area is 492 Å². The molecular formula is C82H57NO2. The summed E-state index contributed by atoms with van der Waals surface area (Å²) in [4.78, 5) is 0. The zero-order valence-corrected chi connectivity index (χ0v) is 47.1. The summed E-state index contributed by atoms with van der Waals surface area (Å²) >= 11 is 0. The summed E-state index contributed by atoms with van der Waals surface area (Å²) in [5, 5.41) is 11.9. The first-order valence-electron chi connectivity index (χ1n) is 30.5. The number of para-hydroxylation sites is 4. The molecule has 0 spiro atoms. The molecule has 0 N–H and O–H groups in total. The monoisotopic (exact) mass is 1090 g/mol. The van der Waals surface area contributed by atoms with Crippen molar-refractivity contribution < 1.29 is 8.83 Å². The molecule has 0 saturated carbocycles. The highest BCUT2D eigenvalue weighted by Crippen LogP contribution is 2.48. The Morgan fingerprint density at radius 3 is 0.976 bits per heavy atom.